The predicted octanol–water partition coefficient (Wildman–Crippen LogP) is 3.58. The number of aromatic amines is 1. The number of rotatable bonds is 1. The maximum absolute atomic E-state index is 4.59. The van der Waals surface area contributed by atoms with E-state index in [1.165, 1.54) is 5.39 Å². The lowest BCUT2D eigenvalue weighted by atomic mass is 10.2. The van der Waals surface area contributed by atoms with Crippen LogP contribution in [0.2, 0.25) is 0 Å². The first kappa shape index (κ1) is 10.3. The summed E-state index contributed by atoms with van der Waals surface area (Å²) >= 11 is 0. The molecule has 4 aromatic rings. The highest BCUT2D eigenvalue weighted by Gasteiger charge is 2.06. The maximum Gasteiger partial charge on any atom is 0.120 e. The Bertz CT molecular complexity index is 844. The molecule has 89 valence electrons. The van der Waals surface area contributed by atoms with Crippen molar-refractivity contribution in [2.45, 2.75) is 0 Å². The summed E-state index contributed by atoms with van der Waals surface area (Å²) in [6, 6.07) is 18.0. The van der Waals surface area contributed by atoms with E-state index in [0.717, 1.165) is 27.9 Å². The minimum Gasteiger partial charge on any atom is -0.353 e. The van der Waals surface area contributed by atoms with Gasteiger partial charge in [0.15, 0.2) is 0 Å². The smallest absolute Gasteiger partial charge is 0.120 e. The molecule has 1 radical (unpaired) electrons. The van der Waals surface area contributed by atoms with E-state index in [2.05, 4.69) is 33.3 Å². The van der Waals surface area contributed by atoms with E-state index in [1.807, 2.05) is 42.5 Å². The van der Waals surface area contributed by atoms with E-state index in [4.69, 9.17) is 0 Å². The highest BCUT2D eigenvalue weighted by Crippen LogP contribution is 2.22. The lowest BCUT2D eigenvalue weighted by Gasteiger charge is -1.98. The van der Waals surface area contributed by atoms with Crippen LogP contribution in [0.1, 0.15) is 0 Å². The van der Waals surface area contributed by atoms with Crippen molar-refractivity contribution in [3.05, 3.63) is 60.8 Å². The molecule has 0 fully saturated rings. The summed E-state index contributed by atoms with van der Waals surface area (Å²) < 4.78 is 0. The molecule has 0 spiro atoms. The number of nitrogens with zero attached hydrogens (tertiary/aromatic N) is 2. The number of hydrogen-bond acceptors (Lipinski definition) is 2. The molecule has 0 atom stereocenters. The van der Waals surface area contributed by atoms with Crippen LogP contribution in [-0.2, 0) is 0 Å². The molecule has 0 aliphatic heterocycles. The highest BCUT2D eigenvalue weighted by atomic mass is 14.8. The van der Waals surface area contributed by atoms with Gasteiger partial charge in [-0.3, -0.25) is 0 Å². The first-order valence-electron chi connectivity index (χ1n) is 6.13. The van der Waals surface area contributed by atoms with Crippen molar-refractivity contribution in [1.82, 2.24) is 15.0 Å². The average molecular weight is 244 g/mol. The molecule has 0 aliphatic rings. The molecule has 2 heterocycles. The Balaban J connectivity index is 1.93. The Morgan fingerprint density at radius 1 is 0.895 bits per heavy atom. The van der Waals surface area contributed by atoms with Gasteiger partial charge in [0.1, 0.15) is 11.9 Å². The van der Waals surface area contributed by atoms with Gasteiger partial charge in [0.2, 0.25) is 0 Å². The molecule has 0 unspecified atom stereocenters. The zero-order valence-electron chi connectivity index (χ0n) is 10.1. The number of para-hydroxylation sites is 3. The summed E-state index contributed by atoms with van der Waals surface area (Å²) in [7, 11) is 0. The van der Waals surface area contributed by atoms with E-state index in [1.54, 1.807) is 0 Å². The topological polar surface area (TPSA) is 41.6 Å². The van der Waals surface area contributed by atoms with Gasteiger partial charge in [-0.15, -0.1) is 0 Å². The molecular formula is C16H10N3. The first-order chi connectivity index (χ1) is 9.40. The van der Waals surface area contributed by atoms with Crippen LogP contribution in [-0.4, -0.2) is 15.0 Å². The summed E-state index contributed by atoms with van der Waals surface area (Å²) in [6.07, 6.45) is 3.00. The molecule has 2 aromatic carbocycles. The fourth-order valence-corrected chi connectivity index (χ4v) is 2.23. The molecule has 3 heteroatoms. The highest BCUT2D eigenvalue weighted by molar-refractivity contribution is 5.86. The number of fused-ring (bicyclic) bond motifs is 2. The number of aromatic nitrogens is 3. The van der Waals surface area contributed by atoms with E-state index in [9.17, 15) is 0 Å². The van der Waals surface area contributed by atoms with Gasteiger partial charge in [0.05, 0.1) is 16.7 Å². The third-order valence-corrected chi connectivity index (χ3v) is 3.18. The summed E-state index contributed by atoms with van der Waals surface area (Å²) in [5.41, 5.74) is 4.53. The summed E-state index contributed by atoms with van der Waals surface area (Å²) in [5.74, 6) is 0. The fourth-order valence-electron chi connectivity index (χ4n) is 2.23. The third-order valence-electron chi connectivity index (χ3n) is 3.18. The number of hydrogen-bond donors (Lipinski definition) is 1. The largest absolute Gasteiger partial charge is 0.353 e. The van der Waals surface area contributed by atoms with Crippen LogP contribution >= 0.6 is 0 Å². The lowest BCUT2D eigenvalue weighted by molar-refractivity contribution is 1.26. The van der Waals surface area contributed by atoms with E-state index >= 15 is 0 Å². The Hall–Kier alpha value is -2.68. The third kappa shape index (κ3) is 1.67. The SMILES string of the molecule is [c]1nc2ccccc2nc1-c1cc2ccccc2[nH]1. The molecule has 0 saturated carbocycles. The van der Waals surface area contributed by atoms with Crippen LogP contribution < -0.4 is 0 Å². The van der Waals surface area contributed by atoms with Gasteiger partial charge >= 0.3 is 0 Å². The molecule has 19 heavy (non-hydrogen) atoms. The Kier molecular flexibility index (Phi) is 2.12. The van der Waals surface area contributed by atoms with E-state index < -0.39 is 0 Å². The lowest BCUT2D eigenvalue weighted by Crippen LogP contribution is -1.88. The van der Waals surface area contributed by atoms with Gasteiger partial charge in [0, 0.05) is 10.9 Å². The quantitative estimate of drug-likeness (QED) is 0.556. The van der Waals surface area contributed by atoms with Gasteiger partial charge in [-0.25, -0.2) is 9.97 Å². The summed E-state index contributed by atoms with van der Waals surface area (Å²) in [6.45, 7) is 0. The van der Waals surface area contributed by atoms with Crippen LogP contribution in [0.25, 0.3) is 33.3 Å². The molecule has 0 aliphatic carbocycles. The van der Waals surface area contributed by atoms with Gasteiger partial charge in [-0.1, -0.05) is 30.3 Å². The van der Waals surface area contributed by atoms with Crippen LogP contribution in [0.15, 0.2) is 54.6 Å². The van der Waals surface area contributed by atoms with Crippen molar-refractivity contribution in [2.75, 3.05) is 0 Å². The predicted molar refractivity (Wildman–Crippen MR) is 75.7 cm³/mol. The monoisotopic (exact) mass is 244 g/mol. The summed E-state index contributed by atoms with van der Waals surface area (Å²) in [4.78, 5) is 12.3. The second-order valence-corrected chi connectivity index (χ2v) is 4.44. The second kappa shape index (κ2) is 3.92. The summed E-state index contributed by atoms with van der Waals surface area (Å²) in [5, 5.41) is 1.17. The Morgan fingerprint density at radius 2 is 1.68 bits per heavy atom. The Morgan fingerprint density at radius 3 is 2.58 bits per heavy atom. The number of H-pyrrole nitrogens is 1. The van der Waals surface area contributed by atoms with Gasteiger partial charge in [-0.05, 0) is 24.3 Å². The molecule has 3 nitrogen and oxygen atoms in total. The van der Waals surface area contributed by atoms with Crippen molar-refractivity contribution in [3.8, 4) is 11.4 Å². The van der Waals surface area contributed by atoms with Crippen LogP contribution in [0, 0.1) is 6.20 Å². The van der Waals surface area contributed by atoms with Crippen molar-refractivity contribution < 1.29 is 0 Å². The van der Waals surface area contributed by atoms with Gasteiger partial charge in [0.25, 0.3) is 0 Å². The van der Waals surface area contributed by atoms with Crippen molar-refractivity contribution in [3.63, 3.8) is 0 Å². The molecule has 1 N–H and O–H groups in total. The fraction of sp³-hybridized carbons (Fsp3) is 0. The molecule has 0 bridgehead atoms. The van der Waals surface area contributed by atoms with E-state index in [-0.39, 0.29) is 0 Å². The van der Waals surface area contributed by atoms with Gasteiger partial charge < -0.3 is 4.98 Å². The zero-order valence-corrected chi connectivity index (χ0v) is 10.1. The Labute approximate surface area is 110 Å². The molecule has 0 amide bonds. The van der Waals surface area contributed by atoms with Crippen LogP contribution in [0.5, 0.6) is 0 Å². The van der Waals surface area contributed by atoms with E-state index in [0.29, 0.717) is 0 Å². The minimum absolute atomic E-state index is 0.745. The standard InChI is InChI=1S/C16H10N3/c1-2-6-12-11(5-1)9-15(18-12)16-10-17-13-7-3-4-8-14(13)19-16/h1-9,18H. The maximum atomic E-state index is 4.59. The molecular weight excluding hydrogens is 234 g/mol. The van der Waals surface area contributed by atoms with Crippen molar-refractivity contribution >= 4 is 21.9 Å². The van der Waals surface area contributed by atoms with Crippen molar-refractivity contribution in [2.24, 2.45) is 0 Å². The molecule has 4 rings (SSSR count). The average Bonchev–Trinajstić information content (AvgIpc) is 2.90. The molecule has 0 saturated heterocycles. The van der Waals surface area contributed by atoms with Gasteiger partial charge in [-0.2, -0.15) is 0 Å². The number of nitrogens with one attached hydrogen (secondary N) is 1. The van der Waals surface area contributed by atoms with Crippen molar-refractivity contribution in [1.29, 1.82) is 0 Å². The number of benzene rings is 2. The van der Waals surface area contributed by atoms with Crippen LogP contribution in [0.3, 0.4) is 0 Å². The van der Waals surface area contributed by atoms with Crippen LogP contribution in [0.4, 0.5) is 0 Å². The second-order valence-electron chi connectivity index (χ2n) is 4.44. The molecule has 2 aromatic heterocycles. The minimum atomic E-state index is 0.745. The zero-order chi connectivity index (χ0) is 12.7. The first-order valence-corrected chi connectivity index (χ1v) is 6.13. The normalized spacial score (nSPS) is 11.2.